The second kappa shape index (κ2) is 11.4. The van der Waals surface area contributed by atoms with E-state index in [9.17, 15) is 0 Å². The summed E-state index contributed by atoms with van der Waals surface area (Å²) in [6.07, 6.45) is 0. The molecule has 4 nitrogen and oxygen atoms in total. The van der Waals surface area contributed by atoms with Gasteiger partial charge in [-0.05, 0) is 53.1 Å². The topological polar surface area (TPSA) is 52.1 Å². The zero-order valence-corrected chi connectivity index (χ0v) is 26.9. The molecular weight excluding hydrogens is 613 g/mol. The lowest BCUT2D eigenvalue weighted by Gasteiger charge is -2.12. The van der Waals surface area contributed by atoms with E-state index < -0.39 is 0 Å². The van der Waals surface area contributed by atoms with E-state index in [2.05, 4.69) is 109 Å². The second-order valence-electron chi connectivity index (χ2n) is 12.5. The quantitative estimate of drug-likeness (QED) is 0.188. The summed E-state index contributed by atoms with van der Waals surface area (Å²) in [5, 5.41) is 4.15. The van der Waals surface area contributed by atoms with E-state index in [1.165, 1.54) is 5.56 Å². The van der Waals surface area contributed by atoms with Gasteiger partial charge in [-0.3, -0.25) is 0 Å². The van der Waals surface area contributed by atoms with E-state index in [1.807, 2.05) is 60.7 Å². The van der Waals surface area contributed by atoms with Gasteiger partial charge in [0.1, 0.15) is 22.3 Å². The summed E-state index contributed by atoms with van der Waals surface area (Å²) < 4.78 is 13.0. The first kappa shape index (κ1) is 28.3. The summed E-state index contributed by atoms with van der Waals surface area (Å²) in [5.74, 6) is 0.642. The van der Waals surface area contributed by atoms with Gasteiger partial charge in [-0.25, -0.2) is 9.97 Å². The number of hydrogen-bond acceptors (Lipinski definition) is 4. The van der Waals surface area contributed by atoms with Crippen molar-refractivity contribution in [3.05, 3.63) is 170 Å². The van der Waals surface area contributed by atoms with E-state index in [-0.39, 0.29) is 0 Å². The van der Waals surface area contributed by atoms with E-state index in [1.54, 1.807) is 0 Å². The molecule has 0 saturated carbocycles. The Kier molecular flexibility index (Phi) is 6.46. The number of rotatable bonds is 5. The normalized spacial score (nSPS) is 11.6. The van der Waals surface area contributed by atoms with Gasteiger partial charge in [0.05, 0.1) is 11.4 Å². The van der Waals surface area contributed by atoms with Crippen LogP contribution in [0.2, 0.25) is 0 Å². The lowest BCUT2D eigenvalue weighted by atomic mass is 9.95. The minimum atomic E-state index is 0.642. The van der Waals surface area contributed by atoms with Crippen molar-refractivity contribution in [2.45, 2.75) is 0 Å². The number of benzene rings is 7. The van der Waals surface area contributed by atoms with Crippen molar-refractivity contribution in [1.29, 1.82) is 0 Å². The Morgan fingerprint density at radius 3 is 1.58 bits per heavy atom. The van der Waals surface area contributed by atoms with Crippen LogP contribution in [0, 0.1) is 0 Å². The maximum absolute atomic E-state index is 6.74. The molecular formula is C46H28N2O2. The van der Waals surface area contributed by atoms with Crippen LogP contribution in [0.4, 0.5) is 0 Å². The van der Waals surface area contributed by atoms with Gasteiger partial charge in [0.25, 0.3) is 0 Å². The fourth-order valence-electron chi connectivity index (χ4n) is 7.16. The molecule has 7 aromatic carbocycles. The highest BCUT2D eigenvalue weighted by atomic mass is 16.3. The molecule has 3 heterocycles. The maximum Gasteiger partial charge on any atom is 0.161 e. The third kappa shape index (κ3) is 4.61. The van der Waals surface area contributed by atoms with Gasteiger partial charge >= 0.3 is 0 Å². The number of hydrogen-bond donors (Lipinski definition) is 0. The summed E-state index contributed by atoms with van der Waals surface area (Å²) >= 11 is 0. The van der Waals surface area contributed by atoms with Crippen LogP contribution in [0.1, 0.15) is 0 Å². The van der Waals surface area contributed by atoms with Crippen LogP contribution in [0.3, 0.4) is 0 Å². The van der Waals surface area contributed by atoms with E-state index in [0.29, 0.717) is 5.82 Å². The molecule has 0 atom stereocenters. The third-order valence-electron chi connectivity index (χ3n) is 9.54. The Morgan fingerprint density at radius 2 is 0.860 bits per heavy atom. The zero-order valence-electron chi connectivity index (χ0n) is 26.9. The van der Waals surface area contributed by atoms with Gasteiger partial charge in [-0.15, -0.1) is 0 Å². The van der Waals surface area contributed by atoms with E-state index >= 15 is 0 Å². The van der Waals surface area contributed by atoms with Gasteiger partial charge in [-0.2, -0.15) is 0 Å². The van der Waals surface area contributed by atoms with Crippen LogP contribution >= 0.6 is 0 Å². The van der Waals surface area contributed by atoms with Crippen molar-refractivity contribution in [2.75, 3.05) is 0 Å². The Hall–Kier alpha value is -6.78. The predicted octanol–water partition coefficient (Wildman–Crippen LogP) is 12.6. The fraction of sp³-hybridized carbons (Fsp3) is 0. The third-order valence-corrected chi connectivity index (χ3v) is 9.54. The molecule has 0 aliphatic rings. The van der Waals surface area contributed by atoms with Gasteiger partial charge in [0.2, 0.25) is 0 Å². The first-order valence-corrected chi connectivity index (χ1v) is 16.7. The average Bonchev–Trinajstić information content (AvgIpc) is 3.77. The summed E-state index contributed by atoms with van der Waals surface area (Å²) in [7, 11) is 0. The first-order chi connectivity index (χ1) is 24.8. The predicted molar refractivity (Wildman–Crippen MR) is 204 cm³/mol. The monoisotopic (exact) mass is 640 g/mol. The van der Waals surface area contributed by atoms with Crippen molar-refractivity contribution in [1.82, 2.24) is 9.97 Å². The molecule has 234 valence electrons. The Balaban J connectivity index is 1.21. The summed E-state index contributed by atoms with van der Waals surface area (Å²) in [5.41, 5.74) is 12.4. The number of aromatic nitrogens is 2. The lowest BCUT2D eigenvalue weighted by molar-refractivity contribution is 0.668. The zero-order chi connectivity index (χ0) is 33.0. The lowest BCUT2D eigenvalue weighted by Crippen LogP contribution is -1.97. The van der Waals surface area contributed by atoms with Crippen molar-refractivity contribution < 1.29 is 8.83 Å². The Bertz CT molecular complexity index is 2850. The molecule has 0 aliphatic carbocycles. The van der Waals surface area contributed by atoms with Gasteiger partial charge in [-0.1, -0.05) is 133 Å². The van der Waals surface area contributed by atoms with Crippen LogP contribution in [0.15, 0.2) is 179 Å². The molecule has 0 spiro atoms. The standard InChI is InChI=1S/C46H28N2O2/c1-3-12-29(13-4-1)30-22-24-32(25-23-30)39-28-38(31-14-5-2-6-15-31)47-46(48-39)37-27-26-34(45-44(37)36-17-8-10-20-41(36)50-45)33-18-11-21-42-43(33)35-16-7-9-19-40(35)49-42/h1-28H. The molecule has 10 rings (SSSR count). The van der Waals surface area contributed by atoms with Gasteiger partial charge in [0, 0.05) is 43.8 Å². The highest BCUT2D eigenvalue weighted by Crippen LogP contribution is 2.45. The molecule has 0 fully saturated rings. The molecule has 3 aromatic heterocycles. The molecule has 0 saturated heterocycles. The number of furan rings is 2. The SMILES string of the molecule is c1ccc(-c2ccc(-c3cc(-c4ccccc4)nc(-c4ccc(-c5cccc6oc7ccccc7c56)c5oc6ccccc6c45)n3)cc2)cc1. The van der Waals surface area contributed by atoms with Crippen LogP contribution in [-0.2, 0) is 0 Å². The minimum absolute atomic E-state index is 0.642. The number of para-hydroxylation sites is 2. The smallest absolute Gasteiger partial charge is 0.161 e. The fourth-order valence-corrected chi connectivity index (χ4v) is 7.16. The molecule has 10 aromatic rings. The van der Waals surface area contributed by atoms with Gasteiger partial charge < -0.3 is 8.83 Å². The largest absolute Gasteiger partial charge is 0.456 e. The highest BCUT2D eigenvalue weighted by molar-refractivity contribution is 6.20. The summed E-state index contributed by atoms with van der Waals surface area (Å²) in [6.45, 7) is 0. The van der Waals surface area contributed by atoms with Crippen LogP contribution < -0.4 is 0 Å². The van der Waals surface area contributed by atoms with E-state index in [4.69, 9.17) is 18.8 Å². The second-order valence-corrected chi connectivity index (χ2v) is 12.5. The van der Waals surface area contributed by atoms with Crippen molar-refractivity contribution in [3.63, 3.8) is 0 Å². The molecule has 0 amide bonds. The van der Waals surface area contributed by atoms with Crippen LogP contribution in [0.25, 0.3) is 100 Å². The highest BCUT2D eigenvalue weighted by Gasteiger charge is 2.22. The molecule has 0 unspecified atom stereocenters. The Labute approximate surface area is 287 Å². The molecule has 0 radical (unpaired) electrons. The van der Waals surface area contributed by atoms with E-state index in [0.717, 1.165) is 88.6 Å². The van der Waals surface area contributed by atoms with Crippen molar-refractivity contribution in [3.8, 4) is 56.2 Å². The van der Waals surface area contributed by atoms with Crippen LogP contribution in [-0.4, -0.2) is 9.97 Å². The van der Waals surface area contributed by atoms with Crippen molar-refractivity contribution >= 4 is 43.9 Å². The molecule has 50 heavy (non-hydrogen) atoms. The molecule has 4 heteroatoms. The minimum Gasteiger partial charge on any atom is -0.456 e. The van der Waals surface area contributed by atoms with Crippen molar-refractivity contribution in [2.24, 2.45) is 0 Å². The Morgan fingerprint density at radius 1 is 0.340 bits per heavy atom. The molecule has 0 N–H and O–H groups in total. The number of fused-ring (bicyclic) bond motifs is 6. The average molecular weight is 641 g/mol. The van der Waals surface area contributed by atoms with Crippen LogP contribution in [0.5, 0.6) is 0 Å². The molecule has 0 bridgehead atoms. The summed E-state index contributed by atoms with van der Waals surface area (Å²) in [4.78, 5) is 10.5. The maximum atomic E-state index is 6.74. The van der Waals surface area contributed by atoms with Gasteiger partial charge in [0.15, 0.2) is 5.82 Å². The number of nitrogens with zero attached hydrogens (tertiary/aromatic N) is 2. The first-order valence-electron chi connectivity index (χ1n) is 16.7. The summed E-state index contributed by atoms with van der Waals surface area (Å²) in [6, 6.07) is 58.3. The molecule has 0 aliphatic heterocycles.